The summed E-state index contributed by atoms with van der Waals surface area (Å²) >= 11 is 0. The monoisotopic (exact) mass is 388 g/mol. The number of sulfonamides is 1. The van der Waals surface area contributed by atoms with E-state index in [9.17, 15) is 13.2 Å². The van der Waals surface area contributed by atoms with E-state index in [1.54, 1.807) is 35.2 Å². The third kappa shape index (κ3) is 5.08. The Hall–Kier alpha value is -2.38. The van der Waals surface area contributed by atoms with Crippen molar-refractivity contribution in [1.82, 2.24) is 4.90 Å². The summed E-state index contributed by atoms with van der Waals surface area (Å²) in [4.78, 5) is 14.3. The molecule has 144 valence electrons. The SMILES string of the molecule is Cc1ccccc1CS(=O)(=O)Nc1ccc(C(=O)N2CCOC(C)C2)cc1. The zero-order valence-corrected chi connectivity index (χ0v) is 16.3. The van der Waals surface area contributed by atoms with Crippen molar-refractivity contribution < 1.29 is 17.9 Å². The van der Waals surface area contributed by atoms with Crippen LogP contribution < -0.4 is 4.72 Å². The molecular formula is C20H24N2O4S. The van der Waals surface area contributed by atoms with E-state index < -0.39 is 10.0 Å². The lowest BCUT2D eigenvalue weighted by Gasteiger charge is -2.31. The topological polar surface area (TPSA) is 75.7 Å². The number of hydrogen-bond acceptors (Lipinski definition) is 4. The van der Waals surface area contributed by atoms with Crippen molar-refractivity contribution in [1.29, 1.82) is 0 Å². The Labute approximate surface area is 160 Å². The number of morpholine rings is 1. The summed E-state index contributed by atoms with van der Waals surface area (Å²) in [5.41, 5.74) is 2.67. The van der Waals surface area contributed by atoms with Gasteiger partial charge in [0.1, 0.15) is 0 Å². The molecule has 2 aromatic carbocycles. The van der Waals surface area contributed by atoms with E-state index in [0.717, 1.165) is 11.1 Å². The number of benzene rings is 2. The summed E-state index contributed by atoms with van der Waals surface area (Å²) in [7, 11) is -3.53. The second kappa shape index (κ2) is 8.10. The number of nitrogens with zero attached hydrogens (tertiary/aromatic N) is 1. The highest BCUT2D eigenvalue weighted by atomic mass is 32.2. The minimum atomic E-state index is -3.53. The van der Waals surface area contributed by atoms with Crippen molar-refractivity contribution in [3.63, 3.8) is 0 Å². The second-order valence-electron chi connectivity index (χ2n) is 6.80. The van der Waals surface area contributed by atoms with Gasteiger partial charge < -0.3 is 9.64 Å². The first kappa shape index (κ1) is 19.4. The second-order valence-corrected chi connectivity index (χ2v) is 8.52. The van der Waals surface area contributed by atoms with Crippen molar-refractivity contribution in [2.24, 2.45) is 0 Å². The number of carbonyl (C=O) groups excluding carboxylic acids is 1. The average molecular weight is 388 g/mol. The predicted octanol–water partition coefficient (Wildman–Crippen LogP) is 2.80. The van der Waals surface area contributed by atoms with Crippen molar-refractivity contribution in [3.05, 3.63) is 65.2 Å². The first-order chi connectivity index (χ1) is 12.8. The summed E-state index contributed by atoms with van der Waals surface area (Å²) < 4.78 is 32.9. The number of amides is 1. The third-order valence-electron chi connectivity index (χ3n) is 4.54. The molecule has 2 aromatic rings. The maximum atomic E-state index is 12.6. The predicted molar refractivity (Wildman–Crippen MR) is 105 cm³/mol. The molecule has 1 atom stereocenters. The number of anilines is 1. The van der Waals surface area contributed by atoms with E-state index >= 15 is 0 Å². The molecule has 6 nitrogen and oxygen atoms in total. The van der Waals surface area contributed by atoms with Crippen molar-refractivity contribution in [3.8, 4) is 0 Å². The fourth-order valence-corrected chi connectivity index (χ4v) is 4.36. The first-order valence-corrected chi connectivity index (χ1v) is 10.6. The van der Waals surface area contributed by atoms with E-state index in [1.807, 2.05) is 32.0 Å². The van der Waals surface area contributed by atoms with Gasteiger partial charge in [0, 0.05) is 24.3 Å². The minimum Gasteiger partial charge on any atom is -0.375 e. The van der Waals surface area contributed by atoms with Gasteiger partial charge in [-0.05, 0) is 49.2 Å². The summed E-state index contributed by atoms with van der Waals surface area (Å²) in [5, 5.41) is 0. The van der Waals surface area contributed by atoms with Gasteiger partial charge in [0.2, 0.25) is 10.0 Å². The number of carbonyl (C=O) groups is 1. The lowest BCUT2D eigenvalue weighted by molar-refractivity contribution is -0.0124. The number of aryl methyl sites for hydroxylation is 1. The highest BCUT2D eigenvalue weighted by molar-refractivity contribution is 7.91. The van der Waals surface area contributed by atoms with Crippen LogP contribution in [-0.4, -0.2) is 45.0 Å². The highest BCUT2D eigenvalue weighted by Crippen LogP contribution is 2.17. The van der Waals surface area contributed by atoms with E-state index in [0.29, 0.717) is 30.9 Å². The largest absolute Gasteiger partial charge is 0.375 e. The summed E-state index contributed by atoms with van der Waals surface area (Å²) in [6.07, 6.45) is 0.0234. The molecule has 1 unspecified atom stereocenters. The smallest absolute Gasteiger partial charge is 0.254 e. The Balaban J connectivity index is 1.66. The molecule has 1 amide bonds. The van der Waals surface area contributed by atoms with Crippen LogP contribution in [0.1, 0.15) is 28.4 Å². The molecule has 0 bridgehead atoms. The van der Waals surface area contributed by atoms with Crippen molar-refractivity contribution >= 4 is 21.6 Å². The van der Waals surface area contributed by atoms with E-state index in [-0.39, 0.29) is 17.8 Å². The van der Waals surface area contributed by atoms with E-state index in [2.05, 4.69) is 4.72 Å². The van der Waals surface area contributed by atoms with Crippen LogP contribution in [0.15, 0.2) is 48.5 Å². The molecule has 0 aromatic heterocycles. The molecule has 0 radical (unpaired) electrons. The normalized spacial score (nSPS) is 17.6. The quantitative estimate of drug-likeness (QED) is 0.855. The van der Waals surface area contributed by atoms with Gasteiger partial charge in [-0.1, -0.05) is 24.3 Å². The molecule has 0 spiro atoms. The van der Waals surface area contributed by atoms with E-state index in [1.165, 1.54) is 0 Å². The molecule has 1 aliphatic rings. The maximum Gasteiger partial charge on any atom is 0.254 e. The third-order valence-corrected chi connectivity index (χ3v) is 5.78. The van der Waals surface area contributed by atoms with Crippen LogP contribution in [0, 0.1) is 6.92 Å². The van der Waals surface area contributed by atoms with Crippen LogP contribution in [0.5, 0.6) is 0 Å². The van der Waals surface area contributed by atoms with Gasteiger partial charge >= 0.3 is 0 Å². The Morgan fingerprint density at radius 3 is 2.56 bits per heavy atom. The summed E-state index contributed by atoms with van der Waals surface area (Å²) in [5.74, 6) is -0.161. The van der Waals surface area contributed by atoms with Gasteiger partial charge in [-0.15, -0.1) is 0 Å². The zero-order valence-electron chi connectivity index (χ0n) is 15.5. The van der Waals surface area contributed by atoms with Crippen LogP contribution >= 0.6 is 0 Å². The molecule has 1 heterocycles. The van der Waals surface area contributed by atoms with Crippen molar-refractivity contribution in [2.75, 3.05) is 24.4 Å². The minimum absolute atomic E-state index is 0.0234. The molecule has 1 saturated heterocycles. The standard InChI is InChI=1S/C20H24N2O4S/c1-15-5-3-4-6-18(15)14-27(24,25)21-19-9-7-17(8-10-19)20(23)22-11-12-26-16(2)13-22/h3-10,16,21H,11-14H2,1-2H3. The van der Waals surface area contributed by atoms with Gasteiger partial charge in [-0.25, -0.2) is 8.42 Å². The molecular weight excluding hydrogens is 364 g/mol. The molecule has 0 aliphatic carbocycles. The first-order valence-electron chi connectivity index (χ1n) is 8.90. The van der Waals surface area contributed by atoms with Crippen LogP contribution in [0.3, 0.4) is 0 Å². The zero-order chi connectivity index (χ0) is 19.4. The Kier molecular flexibility index (Phi) is 5.82. The van der Waals surface area contributed by atoms with Gasteiger partial charge in [0.15, 0.2) is 0 Å². The lowest BCUT2D eigenvalue weighted by Crippen LogP contribution is -2.44. The lowest BCUT2D eigenvalue weighted by atomic mass is 10.1. The van der Waals surface area contributed by atoms with Crippen LogP contribution in [-0.2, 0) is 20.5 Å². The van der Waals surface area contributed by atoms with Gasteiger partial charge in [-0.3, -0.25) is 9.52 Å². The number of rotatable bonds is 5. The molecule has 1 N–H and O–H groups in total. The average Bonchev–Trinajstić information content (AvgIpc) is 2.63. The fourth-order valence-electron chi connectivity index (χ4n) is 3.06. The molecule has 27 heavy (non-hydrogen) atoms. The molecule has 0 saturated carbocycles. The summed E-state index contributed by atoms with van der Waals surface area (Å²) in [6.45, 7) is 5.48. The van der Waals surface area contributed by atoms with Gasteiger partial charge in [0.25, 0.3) is 5.91 Å². The Bertz CT molecular complexity index is 910. The highest BCUT2D eigenvalue weighted by Gasteiger charge is 2.22. The molecule has 7 heteroatoms. The van der Waals surface area contributed by atoms with Gasteiger partial charge in [-0.2, -0.15) is 0 Å². The maximum absolute atomic E-state index is 12.6. The molecule has 1 aliphatic heterocycles. The number of nitrogens with one attached hydrogen (secondary N) is 1. The van der Waals surface area contributed by atoms with Crippen molar-refractivity contribution in [2.45, 2.75) is 25.7 Å². The van der Waals surface area contributed by atoms with E-state index in [4.69, 9.17) is 4.74 Å². The summed E-state index contributed by atoms with van der Waals surface area (Å²) in [6, 6.07) is 13.9. The molecule has 3 rings (SSSR count). The number of ether oxygens (including phenoxy) is 1. The van der Waals surface area contributed by atoms with Crippen LogP contribution in [0.2, 0.25) is 0 Å². The van der Waals surface area contributed by atoms with Gasteiger partial charge in [0.05, 0.1) is 18.5 Å². The fraction of sp³-hybridized carbons (Fsp3) is 0.350. The molecule has 1 fully saturated rings. The number of hydrogen-bond donors (Lipinski definition) is 1. The van der Waals surface area contributed by atoms with Crippen LogP contribution in [0.25, 0.3) is 0 Å². The Morgan fingerprint density at radius 1 is 1.19 bits per heavy atom. The van der Waals surface area contributed by atoms with Crippen LogP contribution in [0.4, 0.5) is 5.69 Å². The Morgan fingerprint density at radius 2 is 1.89 bits per heavy atom.